The highest BCUT2D eigenvalue weighted by Crippen LogP contribution is 2.46. The van der Waals surface area contributed by atoms with Crippen molar-refractivity contribution in [1.29, 1.82) is 0 Å². The minimum Gasteiger partial charge on any atom is -0.338 e. The van der Waals surface area contributed by atoms with Crippen LogP contribution in [0.1, 0.15) is 43.6 Å². The van der Waals surface area contributed by atoms with Crippen LogP contribution in [0, 0.1) is 5.92 Å². The van der Waals surface area contributed by atoms with E-state index in [9.17, 15) is 4.79 Å². The van der Waals surface area contributed by atoms with Crippen molar-refractivity contribution in [3.05, 3.63) is 35.9 Å². The van der Waals surface area contributed by atoms with E-state index in [-0.39, 0.29) is 6.03 Å². The largest absolute Gasteiger partial charge is 0.338 e. The third kappa shape index (κ3) is 3.86. The van der Waals surface area contributed by atoms with Crippen molar-refractivity contribution >= 4 is 6.03 Å². The van der Waals surface area contributed by atoms with Gasteiger partial charge < -0.3 is 15.5 Å². The van der Waals surface area contributed by atoms with E-state index < -0.39 is 0 Å². The molecule has 1 saturated heterocycles. The maximum atomic E-state index is 12.1. The minimum absolute atomic E-state index is 0.0218. The van der Waals surface area contributed by atoms with Crippen molar-refractivity contribution in [2.45, 2.75) is 50.1 Å². The van der Waals surface area contributed by atoms with Gasteiger partial charge in [0.1, 0.15) is 0 Å². The summed E-state index contributed by atoms with van der Waals surface area (Å²) in [4.78, 5) is 14.7. The number of hydrogen-bond acceptors (Lipinski definition) is 2. The number of piperidine rings is 1. The number of nitrogens with one attached hydrogen (secondary N) is 2. The van der Waals surface area contributed by atoms with Gasteiger partial charge in [-0.25, -0.2) is 4.79 Å². The lowest BCUT2D eigenvalue weighted by Crippen LogP contribution is -2.48. The Bertz CT molecular complexity index is 535. The smallest absolute Gasteiger partial charge is 0.315 e. The quantitative estimate of drug-likeness (QED) is 0.878. The molecule has 0 bridgehead atoms. The number of urea groups is 1. The maximum absolute atomic E-state index is 12.1. The van der Waals surface area contributed by atoms with E-state index in [0.717, 1.165) is 38.5 Å². The SMILES string of the molecule is O=C(NC[C@@H]1C[C@H]1c1ccccc1)NC1CCN(C2CC2)CC1. The third-order valence-corrected chi connectivity index (χ3v) is 5.60. The minimum atomic E-state index is 0.0218. The summed E-state index contributed by atoms with van der Waals surface area (Å²) in [5.74, 6) is 1.25. The highest BCUT2D eigenvalue weighted by atomic mass is 16.2. The Morgan fingerprint density at radius 2 is 1.83 bits per heavy atom. The fourth-order valence-corrected chi connectivity index (χ4v) is 3.89. The molecule has 4 heteroatoms. The number of carbonyl (C=O) groups excluding carboxylic acids is 1. The van der Waals surface area contributed by atoms with E-state index >= 15 is 0 Å². The molecule has 124 valence electrons. The fourth-order valence-electron chi connectivity index (χ4n) is 3.89. The normalized spacial score (nSPS) is 28.3. The van der Waals surface area contributed by atoms with Crippen LogP contribution in [0.2, 0.25) is 0 Å². The van der Waals surface area contributed by atoms with E-state index in [0.29, 0.717) is 17.9 Å². The summed E-state index contributed by atoms with van der Waals surface area (Å²) in [6, 6.07) is 11.9. The molecule has 3 fully saturated rings. The second-order valence-corrected chi connectivity index (χ2v) is 7.41. The maximum Gasteiger partial charge on any atom is 0.315 e. The molecule has 2 amide bonds. The van der Waals surface area contributed by atoms with Gasteiger partial charge in [-0.05, 0) is 49.5 Å². The van der Waals surface area contributed by atoms with Crippen LogP contribution >= 0.6 is 0 Å². The molecule has 0 aromatic heterocycles. The molecule has 0 radical (unpaired) electrons. The summed E-state index contributed by atoms with van der Waals surface area (Å²) < 4.78 is 0. The molecule has 0 unspecified atom stereocenters. The van der Waals surface area contributed by atoms with Crippen molar-refractivity contribution in [3.63, 3.8) is 0 Å². The van der Waals surface area contributed by atoms with Crippen molar-refractivity contribution in [2.75, 3.05) is 19.6 Å². The first-order valence-electron chi connectivity index (χ1n) is 9.13. The summed E-state index contributed by atoms with van der Waals surface area (Å²) in [6.45, 7) is 3.09. The summed E-state index contributed by atoms with van der Waals surface area (Å²) in [7, 11) is 0. The average Bonchev–Trinajstić information content (AvgIpc) is 3.48. The number of carbonyl (C=O) groups is 1. The standard InChI is InChI=1S/C19H27N3O/c23-19(21-16-8-10-22(11-9-16)17-6-7-17)20-13-15-12-18(15)14-4-2-1-3-5-14/h1-5,15-18H,6-13H2,(H2,20,21,23)/t15-,18-/m0/s1. The molecular weight excluding hydrogens is 286 g/mol. The van der Waals surface area contributed by atoms with Crippen LogP contribution in [-0.4, -0.2) is 42.6 Å². The van der Waals surface area contributed by atoms with Crippen LogP contribution in [-0.2, 0) is 0 Å². The highest BCUT2D eigenvalue weighted by molar-refractivity contribution is 5.74. The molecule has 2 saturated carbocycles. The van der Waals surface area contributed by atoms with Crippen LogP contribution in [0.15, 0.2) is 30.3 Å². The van der Waals surface area contributed by atoms with Crippen LogP contribution < -0.4 is 10.6 Å². The number of nitrogens with zero attached hydrogens (tertiary/aromatic N) is 1. The van der Waals surface area contributed by atoms with Gasteiger partial charge in [-0.3, -0.25) is 0 Å². The molecule has 1 aromatic carbocycles. The number of amides is 2. The van der Waals surface area contributed by atoms with Crippen molar-refractivity contribution in [1.82, 2.24) is 15.5 Å². The van der Waals surface area contributed by atoms with Crippen molar-refractivity contribution in [2.24, 2.45) is 5.92 Å². The molecule has 3 aliphatic rings. The molecule has 23 heavy (non-hydrogen) atoms. The molecule has 1 aliphatic heterocycles. The van der Waals surface area contributed by atoms with E-state index in [1.54, 1.807) is 0 Å². The first-order valence-corrected chi connectivity index (χ1v) is 9.13. The topological polar surface area (TPSA) is 44.4 Å². The zero-order chi connectivity index (χ0) is 15.6. The zero-order valence-electron chi connectivity index (χ0n) is 13.7. The average molecular weight is 313 g/mol. The van der Waals surface area contributed by atoms with E-state index in [1.807, 2.05) is 0 Å². The van der Waals surface area contributed by atoms with Gasteiger partial charge in [-0.15, -0.1) is 0 Å². The number of hydrogen-bond donors (Lipinski definition) is 2. The second kappa shape index (κ2) is 6.52. The van der Waals surface area contributed by atoms with Crippen molar-refractivity contribution in [3.8, 4) is 0 Å². The highest BCUT2D eigenvalue weighted by Gasteiger charge is 2.38. The Morgan fingerprint density at radius 1 is 1.09 bits per heavy atom. The molecule has 2 N–H and O–H groups in total. The molecule has 1 aromatic rings. The van der Waals surface area contributed by atoms with Gasteiger partial charge in [0.15, 0.2) is 0 Å². The van der Waals surface area contributed by atoms with Gasteiger partial charge in [0.2, 0.25) is 0 Å². The van der Waals surface area contributed by atoms with Gasteiger partial charge in [-0.2, -0.15) is 0 Å². The van der Waals surface area contributed by atoms with Gasteiger partial charge in [0.25, 0.3) is 0 Å². The first-order chi connectivity index (χ1) is 11.3. The zero-order valence-corrected chi connectivity index (χ0v) is 13.7. The predicted molar refractivity (Wildman–Crippen MR) is 91.4 cm³/mol. The van der Waals surface area contributed by atoms with E-state index in [2.05, 4.69) is 45.9 Å². The molecule has 4 nitrogen and oxygen atoms in total. The number of benzene rings is 1. The fraction of sp³-hybridized carbons (Fsp3) is 0.632. The Hall–Kier alpha value is -1.55. The first kappa shape index (κ1) is 15.0. The Labute approximate surface area is 138 Å². The Morgan fingerprint density at radius 3 is 2.52 bits per heavy atom. The summed E-state index contributed by atoms with van der Waals surface area (Å²) in [5, 5.41) is 6.23. The van der Waals surface area contributed by atoms with Crippen LogP contribution in [0.4, 0.5) is 4.79 Å². The van der Waals surface area contributed by atoms with Gasteiger partial charge in [0.05, 0.1) is 0 Å². The molecular formula is C19H27N3O. The predicted octanol–water partition coefficient (Wildman–Crippen LogP) is 2.72. The molecule has 2 aliphatic carbocycles. The van der Waals surface area contributed by atoms with Gasteiger partial charge in [0, 0.05) is 31.7 Å². The summed E-state index contributed by atoms with van der Waals surface area (Å²) in [5.41, 5.74) is 1.41. The lowest BCUT2D eigenvalue weighted by Gasteiger charge is -2.32. The summed E-state index contributed by atoms with van der Waals surface area (Å²) >= 11 is 0. The molecule has 1 heterocycles. The van der Waals surface area contributed by atoms with Crippen LogP contribution in [0.3, 0.4) is 0 Å². The molecule has 2 atom stereocenters. The molecule has 4 rings (SSSR count). The van der Waals surface area contributed by atoms with Crippen LogP contribution in [0.25, 0.3) is 0 Å². The lowest BCUT2D eigenvalue weighted by atomic mass is 10.1. The van der Waals surface area contributed by atoms with Gasteiger partial charge >= 0.3 is 6.03 Å². The van der Waals surface area contributed by atoms with Crippen molar-refractivity contribution < 1.29 is 4.79 Å². The monoisotopic (exact) mass is 313 g/mol. The summed E-state index contributed by atoms with van der Waals surface area (Å²) in [6.07, 6.45) is 6.15. The Balaban J connectivity index is 1.14. The van der Waals surface area contributed by atoms with E-state index in [4.69, 9.17) is 0 Å². The Kier molecular flexibility index (Phi) is 4.25. The number of likely N-dealkylation sites (tertiary alicyclic amines) is 1. The third-order valence-electron chi connectivity index (χ3n) is 5.60. The molecule has 0 spiro atoms. The van der Waals surface area contributed by atoms with Gasteiger partial charge in [-0.1, -0.05) is 30.3 Å². The van der Waals surface area contributed by atoms with E-state index in [1.165, 1.54) is 24.8 Å². The van der Waals surface area contributed by atoms with Crippen LogP contribution in [0.5, 0.6) is 0 Å². The number of rotatable bonds is 5. The lowest BCUT2D eigenvalue weighted by molar-refractivity contribution is 0.186. The second-order valence-electron chi connectivity index (χ2n) is 7.41.